The zero-order valence-corrected chi connectivity index (χ0v) is 20.4. The second-order valence-corrected chi connectivity index (χ2v) is 9.07. The molecule has 1 aliphatic rings. The predicted octanol–water partition coefficient (Wildman–Crippen LogP) is 2.44. The third-order valence-corrected chi connectivity index (χ3v) is 5.91. The molecule has 7 nitrogen and oxygen atoms in total. The molecule has 0 amide bonds. The Labute approximate surface area is 190 Å². The molecule has 29 heavy (non-hydrogen) atoms. The molecule has 2 rings (SSSR count). The number of aliphatic imine (C=N–C) groups is 1. The fourth-order valence-electron chi connectivity index (χ4n) is 3.03. The number of nitrogens with one attached hydrogen (secondary N) is 2. The number of nitrogens with zero attached hydrogens (tertiary/aromatic N) is 2. The molecular weight excluding hydrogens is 510 g/mol. The third kappa shape index (κ3) is 9.47. The first-order valence-electron chi connectivity index (χ1n) is 9.67. The number of ether oxygens (including phenoxy) is 1. The average Bonchev–Trinajstić information content (AvgIpc) is 2.65. The van der Waals surface area contributed by atoms with Crippen LogP contribution in [-0.4, -0.2) is 63.8 Å². The Balaban J connectivity index is 0.00000420. The van der Waals surface area contributed by atoms with Crippen LogP contribution in [0, 0.1) is 11.7 Å². The Morgan fingerprint density at radius 3 is 2.45 bits per heavy atom. The number of hydrogen-bond donors (Lipinski definition) is 2. The Hall–Kier alpha value is -1.14. The van der Waals surface area contributed by atoms with Crippen molar-refractivity contribution in [2.24, 2.45) is 10.9 Å². The van der Waals surface area contributed by atoms with Gasteiger partial charge in [0.15, 0.2) is 5.96 Å². The Morgan fingerprint density at radius 1 is 1.28 bits per heavy atom. The first-order valence-corrected chi connectivity index (χ1v) is 11.5. The van der Waals surface area contributed by atoms with Crippen molar-refractivity contribution in [3.05, 3.63) is 30.1 Å². The molecule has 1 aromatic carbocycles. The van der Waals surface area contributed by atoms with Crippen LogP contribution in [-0.2, 0) is 10.0 Å². The van der Waals surface area contributed by atoms with Crippen molar-refractivity contribution in [3.63, 3.8) is 0 Å². The van der Waals surface area contributed by atoms with Crippen LogP contribution in [0.25, 0.3) is 0 Å². The zero-order chi connectivity index (χ0) is 20.6. The van der Waals surface area contributed by atoms with E-state index in [0.717, 1.165) is 25.9 Å². The molecule has 1 atom stereocenters. The van der Waals surface area contributed by atoms with Crippen molar-refractivity contribution in [2.75, 3.05) is 39.0 Å². The van der Waals surface area contributed by atoms with Gasteiger partial charge in [-0.1, -0.05) is 0 Å². The highest BCUT2D eigenvalue weighted by Crippen LogP contribution is 2.18. The molecule has 0 bridgehead atoms. The second-order valence-electron chi connectivity index (χ2n) is 7.09. The second kappa shape index (κ2) is 12.5. The Bertz CT molecular complexity index is 738. The SMILES string of the molecule is CCNC(=NCC(C)Oc1ccc(F)cc1)NCC1CCN(S(C)(=O)=O)CC1.I. The van der Waals surface area contributed by atoms with Gasteiger partial charge in [0.05, 0.1) is 12.8 Å². The summed E-state index contributed by atoms with van der Waals surface area (Å²) in [4.78, 5) is 4.55. The van der Waals surface area contributed by atoms with Gasteiger partial charge < -0.3 is 15.4 Å². The van der Waals surface area contributed by atoms with Crippen LogP contribution < -0.4 is 15.4 Å². The summed E-state index contributed by atoms with van der Waals surface area (Å²) in [6.07, 6.45) is 2.78. The highest BCUT2D eigenvalue weighted by Gasteiger charge is 2.24. The van der Waals surface area contributed by atoms with E-state index in [4.69, 9.17) is 4.74 Å². The highest BCUT2D eigenvalue weighted by atomic mass is 127. The van der Waals surface area contributed by atoms with Gasteiger partial charge in [0, 0.05) is 26.2 Å². The number of guanidine groups is 1. The Kier molecular flexibility index (Phi) is 11.2. The maximum atomic E-state index is 13.0. The first-order chi connectivity index (χ1) is 13.3. The smallest absolute Gasteiger partial charge is 0.211 e. The minimum atomic E-state index is -3.09. The molecule has 0 aliphatic carbocycles. The van der Waals surface area contributed by atoms with Crippen LogP contribution in [0.1, 0.15) is 26.7 Å². The molecule has 1 aromatic rings. The van der Waals surface area contributed by atoms with Crippen LogP contribution in [0.3, 0.4) is 0 Å². The van der Waals surface area contributed by atoms with Crippen molar-refractivity contribution in [2.45, 2.75) is 32.8 Å². The fraction of sp³-hybridized carbons (Fsp3) is 0.632. The quantitative estimate of drug-likeness (QED) is 0.300. The van der Waals surface area contributed by atoms with E-state index in [2.05, 4.69) is 15.6 Å². The van der Waals surface area contributed by atoms with E-state index in [-0.39, 0.29) is 35.9 Å². The van der Waals surface area contributed by atoms with Gasteiger partial charge in [-0.15, -0.1) is 24.0 Å². The molecule has 0 spiro atoms. The van der Waals surface area contributed by atoms with Crippen LogP contribution in [0.4, 0.5) is 4.39 Å². The summed E-state index contributed by atoms with van der Waals surface area (Å²) in [6.45, 7) is 7.00. The fourth-order valence-corrected chi connectivity index (χ4v) is 3.90. The lowest BCUT2D eigenvalue weighted by molar-refractivity contribution is 0.230. The lowest BCUT2D eigenvalue weighted by Gasteiger charge is -2.30. The van der Waals surface area contributed by atoms with Gasteiger partial charge in [0.2, 0.25) is 10.0 Å². The maximum absolute atomic E-state index is 13.0. The molecule has 1 unspecified atom stereocenters. The number of rotatable bonds is 8. The summed E-state index contributed by atoms with van der Waals surface area (Å²) < 4.78 is 43.4. The van der Waals surface area contributed by atoms with Gasteiger partial charge in [0.25, 0.3) is 0 Å². The van der Waals surface area contributed by atoms with E-state index < -0.39 is 10.0 Å². The zero-order valence-electron chi connectivity index (χ0n) is 17.2. The molecule has 1 fully saturated rings. The van der Waals surface area contributed by atoms with Gasteiger partial charge in [0.1, 0.15) is 17.7 Å². The van der Waals surface area contributed by atoms with Crippen LogP contribution in [0.2, 0.25) is 0 Å². The summed E-state index contributed by atoms with van der Waals surface area (Å²) in [5, 5.41) is 6.55. The van der Waals surface area contributed by atoms with E-state index in [0.29, 0.717) is 37.3 Å². The lowest BCUT2D eigenvalue weighted by Crippen LogP contribution is -2.44. The monoisotopic (exact) mass is 542 g/mol. The van der Waals surface area contributed by atoms with E-state index in [1.807, 2.05) is 13.8 Å². The number of halogens is 2. The first kappa shape index (κ1) is 25.9. The van der Waals surface area contributed by atoms with Crippen molar-refractivity contribution in [3.8, 4) is 5.75 Å². The molecule has 10 heteroatoms. The topological polar surface area (TPSA) is 83.0 Å². The molecule has 166 valence electrons. The molecule has 2 N–H and O–H groups in total. The minimum absolute atomic E-state index is 0. The van der Waals surface area contributed by atoms with Gasteiger partial charge >= 0.3 is 0 Å². The normalized spacial score (nSPS) is 17.3. The summed E-state index contributed by atoms with van der Waals surface area (Å²) >= 11 is 0. The molecular formula is C19H32FIN4O3S. The predicted molar refractivity (Wildman–Crippen MR) is 125 cm³/mol. The molecule has 1 saturated heterocycles. The van der Waals surface area contributed by atoms with Crippen molar-refractivity contribution < 1.29 is 17.5 Å². The van der Waals surface area contributed by atoms with E-state index in [1.165, 1.54) is 22.7 Å². The molecule has 0 radical (unpaired) electrons. The largest absolute Gasteiger partial charge is 0.489 e. The molecule has 0 aromatic heterocycles. The third-order valence-electron chi connectivity index (χ3n) is 4.60. The summed E-state index contributed by atoms with van der Waals surface area (Å²) in [5.41, 5.74) is 0. The van der Waals surface area contributed by atoms with Crippen molar-refractivity contribution >= 4 is 40.0 Å². The van der Waals surface area contributed by atoms with E-state index in [9.17, 15) is 12.8 Å². The van der Waals surface area contributed by atoms with Crippen LogP contribution >= 0.6 is 24.0 Å². The maximum Gasteiger partial charge on any atom is 0.211 e. The van der Waals surface area contributed by atoms with Gasteiger partial charge in [-0.3, -0.25) is 0 Å². The number of hydrogen-bond acceptors (Lipinski definition) is 4. The number of benzene rings is 1. The average molecular weight is 542 g/mol. The standard InChI is InChI=1S/C19H31FN4O3S.HI/c1-4-21-19(22-13-15(2)27-18-7-5-17(20)6-8-18)23-14-16-9-11-24(12-10-16)28(3,25)26;/h5-8,15-16H,4,9-14H2,1-3H3,(H2,21,22,23);1H. The molecule has 0 saturated carbocycles. The summed E-state index contributed by atoms with van der Waals surface area (Å²) in [7, 11) is -3.09. The van der Waals surface area contributed by atoms with Crippen LogP contribution in [0.5, 0.6) is 5.75 Å². The van der Waals surface area contributed by atoms with Crippen molar-refractivity contribution in [1.82, 2.24) is 14.9 Å². The molecule has 1 aliphatic heterocycles. The summed E-state index contributed by atoms with van der Waals surface area (Å²) in [6, 6.07) is 5.93. The van der Waals surface area contributed by atoms with Gasteiger partial charge in [-0.05, 0) is 56.9 Å². The Morgan fingerprint density at radius 2 is 1.90 bits per heavy atom. The lowest BCUT2D eigenvalue weighted by atomic mass is 9.98. The van der Waals surface area contributed by atoms with Gasteiger partial charge in [-0.25, -0.2) is 22.1 Å². The van der Waals surface area contributed by atoms with Crippen LogP contribution in [0.15, 0.2) is 29.3 Å². The van der Waals surface area contributed by atoms with Crippen molar-refractivity contribution in [1.29, 1.82) is 0 Å². The highest BCUT2D eigenvalue weighted by molar-refractivity contribution is 14.0. The van der Waals surface area contributed by atoms with E-state index >= 15 is 0 Å². The molecule has 1 heterocycles. The van der Waals surface area contributed by atoms with Gasteiger partial charge in [-0.2, -0.15) is 0 Å². The minimum Gasteiger partial charge on any atom is -0.489 e. The number of piperidine rings is 1. The van der Waals surface area contributed by atoms with E-state index in [1.54, 1.807) is 12.1 Å². The summed E-state index contributed by atoms with van der Waals surface area (Å²) in [5.74, 6) is 1.44. The number of sulfonamides is 1.